The van der Waals surface area contributed by atoms with Gasteiger partial charge >= 0.3 is 0 Å². The van der Waals surface area contributed by atoms with Crippen LogP contribution >= 0.6 is 0 Å². The van der Waals surface area contributed by atoms with Crippen molar-refractivity contribution < 1.29 is 14.9 Å². The van der Waals surface area contributed by atoms with Crippen LogP contribution in [-0.2, 0) is 4.74 Å². The van der Waals surface area contributed by atoms with Crippen LogP contribution in [0, 0.1) is 6.92 Å². The average molecular weight is 197 g/mol. The van der Waals surface area contributed by atoms with Gasteiger partial charge in [-0.1, -0.05) is 0 Å². The number of hydrogen-bond donors (Lipinski definition) is 2. The lowest BCUT2D eigenvalue weighted by Gasteiger charge is -2.13. The Labute approximate surface area is 82.7 Å². The first-order valence-electron chi connectivity index (χ1n) is 4.79. The summed E-state index contributed by atoms with van der Waals surface area (Å²) in [5.41, 5.74) is 1.16. The van der Waals surface area contributed by atoms with Gasteiger partial charge in [0.2, 0.25) is 0 Å². The van der Waals surface area contributed by atoms with Gasteiger partial charge in [0.05, 0.1) is 12.7 Å². The van der Waals surface area contributed by atoms with Gasteiger partial charge in [0.1, 0.15) is 12.3 Å². The Morgan fingerprint density at radius 3 is 2.93 bits per heavy atom. The number of aromatic nitrogens is 1. The second kappa shape index (κ2) is 3.73. The van der Waals surface area contributed by atoms with Gasteiger partial charge in [-0.2, -0.15) is 0 Å². The van der Waals surface area contributed by atoms with E-state index in [9.17, 15) is 5.11 Å². The smallest absolute Gasteiger partial charge is 0.136 e. The van der Waals surface area contributed by atoms with Crippen LogP contribution in [0.4, 0.5) is 0 Å². The summed E-state index contributed by atoms with van der Waals surface area (Å²) in [5, 5.41) is 18.4. The molecule has 1 fully saturated rings. The fourth-order valence-electron chi connectivity index (χ4n) is 1.77. The number of ether oxygens (including phenoxy) is 1. The van der Waals surface area contributed by atoms with Gasteiger partial charge in [-0.25, -0.2) is 0 Å². The zero-order chi connectivity index (χ0) is 10.1. The van der Waals surface area contributed by atoms with E-state index in [-0.39, 0.29) is 12.8 Å². The van der Waals surface area contributed by atoms with Gasteiger partial charge in [-0.3, -0.25) is 0 Å². The van der Waals surface area contributed by atoms with Crippen molar-refractivity contribution in [2.75, 3.05) is 6.61 Å². The van der Waals surface area contributed by atoms with Crippen molar-refractivity contribution in [3.63, 3.8) is 0 Å². The Bertz CT molecular complexity index is 310. The highest BCUT2D eigenvalue weighted by Crippen LogP contribution is 2.28. The van der Waals surface area contributed by atoms with E-state index in [2.05, 4.69) is 0 Å². The van der Waals surface area contributed by atoms with Gasteiger partial charge in [0, 0.05) is 18.8 Å². The minimum absolute atomic E-state index is 0.127. The van der Waals surface area contributed by atoms with E-state index < -0.39 is 12.2 Å². The molecule has 0 bridgehead atoms. The quantitative estimate of drug-likeness (QED) is 0.723. The molecule has 0 aromatic carbocycles. The SMILES string of the molecule is Cc1ccn([C@H]2CC(O)[C@@H](CO)O2)c1. The number of aliphatic hydroxyl groups is 2. The van der Waals surface area contributed by atoms with Crippen molar-refractivity contribution in [2.24, 2.45) is 0 Å². The summed E-state index contributed by atoms with van der Waals surface area (Å²) in [5.74, 6) is 0. The Hall–Kier alpha value is -0.840. The van der Waals surface area contributed by atoms with Crippen molar-refractivity contribution in [3.8, 4) is 0 Å². The molecule has 0 spiro atoms. The van der Waals surface area contributed by atoms with E-state index in [1.807, 2.05) is 30.0 Å². The summed E-state index contributed by atoms with van der Waals surface area (Å²) in [4.78, 5) is 0. The molecule has 1 aromatic heterocycles. The summed E-state index contributed by atoms with van der Waals surface area (Å²) in [7, 11) is 0. The predicted octanol–water partition coefficient (Wildman–Crippen LogP) is 0.437. The molecule has 1 unspecified atom stereocenters. The largest absolute Gasteiger partial charge is 0.394 e. The Morgan fingerprint density at radius 2 is 2.43 bits per heavy atom. The van der Waals surface area contributed by atoms with Crippen LogP contribution in [0.3, 0.4) is 0 Å². The third-order valence-corrected chi connectivity index (χ3v) is 2.58. The van der Waals surface area contributed by atoms with E-state index in [1.165, 1.54) is 0 Å². The van der Waals surface area contributed by atoms with Crippen LogP contribution < -0.4 is 0 Å². The number of hydrogen-bond acceptors (Lipinski definition) is 3. The van der Waals surface area contributed by atoms with Gasteiger partial charge < -0.3 is 19.5 Å². The van der Waals surface area contributed by atoms with Crippen molar-refractivity contribution >= 4 is 0 Å². The van der Waals surface area contributed by atoms with Crippen LogP contribution in [0.1, 0.15) is 18.2 Å². The maximum absolute atomic E-state index is 9.53. The summed E-state index contributed by atoms with van der Waals surface area (Å²) < 4.78 is 7.41. The zero-order valence-corrected chi connectivity index (χ0v) is 8.13. The Kier molecular flexibility index (Phi) is 2.58. The summed E-state index contributed by atoms with van der Waals surface area (Å²) in [6.07, 6.45) is 3.29. The number of aryl methyl sites for hydroxylation is 1. The van der Waals surface area contributed by atoms with Gasteiger partial charge in [-0.15, -0.1) is 0 Å². The molecule has 2 heterocycles. The second-order valence-electron chi connectivity index (χ2n) is 3.75. The number of nitrogens with zero attached hydrogens (tertiary/aromatic N) is 1. The molecule has 2 N–H and O–H groups in total. The number of rotatable bonds is 2. The molecule has 1 aliphatic rings. The van der Waals surface area contributed by atoms with Crippen LogP contribution in [0.5, 0.6) is 0 Å². The normalized spacial score (nSPS) is 32.4. The molecule has 0 amide bonds. The van der Waals surface area contributed by atoms with E-state index in [1.54, 1.807) is 0 Å². The minimum Gasteiger partial charge on any atom is -0.394 e. The van der Waals surface area contributed by atoms with Crippen LogP contribution in [0.15, 0.2) is 18.5 Å². The van der Waals surface area contributed by atoms with Crippen molar-refractivity contribution in [1.29, 1.82) is 0 Å². The highest BCUT2D eigenvalue weighted by molar-refractivity contribution is 5.08. The molecular formula is C10H15NO3. The zero-order valence-electron chi connectivity index (χ0n) is 8.13. The van der Waals surface area contributed by atoms with Crippen molar-refractivity contribution in [2.45, 2.75) is 31.8 Å². The van der Waals surface area contributed by atoms with E-state index in [0.29, 0.717) is 6.42 Å². The molecule has 4 heteroatoms. The van der Waals surface area contributed by atoms with Gasteiger partial charge in [0.15, 0.2) is 0 Å². The molecule has 1 aromatic rings. The first-order chi connectivity index (χ1) is 6.70. The third kappa shape index (κ3) is 1.68. The molecule has 0 saturated carbocycles. The summed E-state index contributed by atoms with van der Waals surface area (Å²) >= 11 is 0. The average Bonchev–Trinajstić information content (AvgIpc) is 2.71. The van der Waals surface area contributed by atoms with Crippen molar-refractivity contribution in [1.82, 2.24) is 4.57 Å². The second-order valence-corrected chi connectivity index (χ2v) is 3.75. The predicted molar refractivity (Wildman–Crippen MR) is 50.8 cm³/mol. The Balaban J connectivity index is 2.08. The molecule has 78 valence electrons. The molecule has 1 saturated heterocycles. The van der Waals surface area contributed by atoms with E-state index in [4.69, 9.17) is 9.84 Å². The summed E-state index contributed by atoms with van der Waals surface area (Å²) in [6, 6.07) is 1.99. The molecule has 1 aliphatic heterocycles. The van der Waals surface area contributed by atoms with Gasteiger partial charge in [-0.05, 0) is 18.6 Å². The van der Waals surface area contributed by atoms with Crippen LogP contribution in [0.25, 0.3) is 0 Å². The van der Waals surface area contributed by atoms with Crippen molar-refractivity contribution in [3.05, 3.63) is 24.0 Å². The maximum Gasteiger partial charge on any atom is 0.136 e. The monoisotopic (exact) mass is 197 g/mol. The van der Waals surface area contributed by atoms with Crippen LogP contribution in [-0.4, -0.2) is 33.6 Å². The maximum atomic E-state index is 9.53. The lowest BCUT2D eigenvalue weighted by Crippen LogP contribution is -2.24. The molecule has 2 rings (SSSR count). The third-order valence-electron chi connectivity index (χ3n) is 2.58. The molecule has 4 nitrogen and oxygen atoms in total. The van der Waals surface area contributed by atoms with Gasteiger partial charge in [0.25, 0.3) is 0 Å². The highest BCUT2D eigenvalue weighted by Gasteiger charge is 2.33. The molecule has 14 heavy (non-hydrogen) atoms. The lowest BCUT2D eigenvalue weighted by molar-refractivity contribution is -0.0442. The fourth-order valence-corrected chi connectivity index (χ4v) is 1.77. The molecule has 0 radical (unpaired) electrons. The fraction of sp³-hybridized carbons (Fsp3) is 0.600. The molecular weight excluding hydrogens is 182 g/mol. The highest BCUT2D eigenvalue weighted by atomic mass is 16.5. The number of aliphatic hydroxyl groups excluding tert-OH is 2. The lowest BCUT2D eigenvalue weighted by atomic mass is 10.2. The van der Waals surface area contributed by atoms with Crippen LogP contribution in [0.2, 0.25) is 0 Å². The molecule has 0 aliphatic carbocycles. The first kappa shape index (κ1) is 9.71. The Morgan fingerprint density at radius 1 is 1.64 bits per heavy atom. The first-order valence-corrected chi connectivity index (χ1v) is 4.79. The van der Waals surface area contributed by atoms with E-state index in [0.717, 1.165) is 5.56 Å². The standard InChI is InChI=1S/C10H15NO3/c1-7-2-3-11(5-7)10-4-8(13)9(6-12)14-10/h2-3,5,8-10,12-13H,4,6H2,1H3/t8?,9-,10-/m1/s1. The molecule has 3 atom stereocenters. The topological polar surface area (TPSA) is 54.6 Å². The van der Waals surface area contributed by atoms with E-state index >= 15 is 0 Å². The summed E-state index contributed by atoms with van der Waals surface area (Å²) in [6.45, 7) is 1.88. The minimum atomic E-state index is -0.562.